The Morgan fingerprint density at radius 2 is 1.86 bits per heavy atom. The molecule has 0 spiro atoms. The topological polar surface area (TPSA) is 43.2 Å². The van der Waals surface area contributed by atoms with Crippen molar-refractivity contribution < 1.29 is 4.74 Å². The van der Waals surface area contributed by atoms with Crippen LogP contribution in [-0.2, 0) is 23.3 Å². The molecule has 1 fully saturated rings. The highest BCUT2D eigenvalue weighted by Gasteiger charge is 2.23. The van der Waals surface area contributed by atoms with E-state index >= 15 is 0 Å². The van der Waals surface area contributed by atoms with E-state index in [0.717, 1.165) is 55.9 Å². The van der Waals surface area contributed by atoms with Crippen molar-refractivity contribution in [3.8, 4) is 5.82 Å². The summed E-state index contributed by atoms with van der Waals surface area (Å²) in [5, 5.41) is 1.06. The first-order valence-corrected chi connectivity index (χ1v) is 10.9. The fraction of sp³-hybridized carbons (Fsp3) is 0.364. The van der Waals surface area contributed by atoms with Crippen LogP contribution in [0.15, 0.2) is 53.8 Å². The average molecular weight is 393 g/mol. The molecule has 0 saturated carbocycles. The molecule has 3 heterocycles. The third-order valence-electron chi connectivity index (χ3n) is 5.43. The molecule has 2 aliphatic rings. The van der Waals surface area contributed by atoms with Gasteiger partial charge >= 0.3 is 0 Å². The Kier molecular flexibility index (Phi) is 5.06. The number of benzene rings is 1. The third kappa shape index (κ3) is 3.42. The second-order valence-electron chi connectivity index (χ2n) is 7.18. The normalized spacial score (nSPS) is 16.4. The van der Waals surface area contributed by atoms with Crippen molar-refractivity contribution >= 4 is 17.4 Å². The molecule has 0 N–H and O–H groups in total. The number of rotatable bonds is 5. The third-order valence-corrected chi connectivity index (χ3v) is 6.42. The Bertz CT molecular complexity index is 950. The number of nitrogens with zero attached hydrogens (tertiary/aromatic N) is 4. The van der Waals surface area contributed by atoms with Crippen molar-refractivity contribution in [1.29, 1.82) is 0 Å². The van der Waals surface area contributed by atoms with E-state index in [1.165, 1.54) is 29.1 Å². The van der Waals surface area contributed by atoms with E-state index in [9.17, 15) is 0 Å². The molecule has 1 aliphatic carbocycles. The number of aromatic nitrogens is 3. The van der Waals surface area contributed by atoms with Gasteiger partial charge in [-0.25, -0.2) is 9.97 Å². The summed E-state index contributed by atoms with van der Waals surface area (Å²) in [6, 6.07) is 14.8. The zero-order valence-corrected chi connectivity index (χ0v) is 16.7. The minimum absolute atomic E-state index is 0.804. The van der Waals surface area contributed by atoms with E-state index in [0.29, 0.717) is 0 Å². The van der Waals surface area contributed by atoms with Gasteiger partial charge in [-0.05, 0) is 43.0 Å². The number of imidazole rings is 1. The van der Waals surface area contributed by atoms with Crippen LogP contribution >= 0.6 is 11.8 Å². The molecule has 0 radical (unpaired) electrons. The molecule has 28 heavy (non-hydrogen) atoms. The summed E-state index contributed by atoms with van der Waals surface area (Å²) in [6.07, 6.45) is 5.21. The maximum atomic E-state index is 5.52. The van der Waals surface area contributed by atoms with E-state index in [1.54, 1.807) is 0 Å². The standard InChI is InChI=1S/C22H24N4OS/c1-2-8-19(25-12-14-27-15-13-25)17(6-1)16-28-22-24-18-7-5-9-20(18)26(22)21-10-3-4-11-23-21/h1-4,6,8,10-11H,5,7,9,12-16H2. The van der Waals surface area contributed by atoms with Crippen LogP contribution in [0.25, 0.3) is 5.82 Å². The maximum absolute atomic E-state index is 5.52. The molecule has 1 saturated heterocycles. The van der Waals surface area contributed by atoms with Crippen LogP contribution in [0.2, 0.25) is 0 Å². The van der Waals surface area contributed by atoms with Gasteiger partial charge in [0, 0.05) is 36.4 Å². The van der Waals surface area contributed by atoms with E-state index in [2.05, 4.69) is 44.8 Å². The minimum Gasteiger partial charge on any atom is -0.378 e. The molecule has 0 atom stereocenters. The SMILES string of the molecule is c1ccc(-n2c(SCc3ccccc3N3CCOCC3)nc3c2CCC3)nc1. The number of anilines is 1. The average Bonchev–Trinajstić information content (AvgIpc) is 3.34. The molecular weight excluding hydrogens is 368 g/mol. The quantitative estimate of drug-likeness (QED) is 0.617. The smallest absolute Gasteiger partial charge is 0.174 e. The molecule has 0 bridgehead atoms. The van der Waals surface area contributed by atoms with Crippen LogP contribution in [0.1, 0.15) is 23.4 Å². The van der Waals surface area contributed by atoms with Gasteiger partial charge in [-0.15, -0.1) is 0 Å². The maximum Gasteiger partial charge on any atom is 0.174 e. The summed E-state index contributed by atoms with van der Waals surface area (Å²) in [5.41, 5.74) is 5.25. The fourth-order valence-electron chi connectivity index (χ4n) is 4.06. The van der Waals surface area contributed by atoms with E-state index < -0.39 is 0 Å². The van der Waals surface area contributed by atoms with Crippen molar-refractivity contribution in [3.05, 3.63) is 65.6 Å². The van der Waals surface area contributed by atoms with Gasteiger partial charge in [0.15, 0.2) is 5.16 Å². The number of ether oxygens (including phenoxy) is 1. The number of thioether (sulfide) groups is 1. The Balaban J connectivity index is 1.43. The molecule has 2 aromatic heterocycles. The number of para-hydroxylation sites is 1. The number of pyridine rings is 1. The summed E-state index contributed by atoms with van der Waals surface area (Å²) in [5.74, 6) is 1.87. The molecule has 1 aromatic carbocycles. The second kappa shape index (κ2) is 7.97. The zero-order valence-electron chi connectivity index (χ0n) is 15.9. The monoisotopic (exact) mass is 392 g/mol. The van der Waals surface area contributed by atoms with Crippen molar-refractivity contribution in [2.24, 2.45) is 0 Å². The van der Waals surface area contributed by atoms with Gasteiger partial charge in [-0.3, -0.25) is 4.57 Å². The highest BCUT2D eigenvalue weighted by molar-refractivity contribution is 7.98. The van der Waals surface area contributed by atoms with Crippen LogP contribution in [0, 0.1) is 0 Å². The number of morpholine rings is 1. The van der Waals surface area contributed by atoms with Crippen LogP contribution in [-0.4, -0.2) is 40.8 Å². The first-order valence-electron chi connectivity index (χ1n) is 9.95. The minimum atomic E-state index is 0.804. The summed E-state index contributed by atoms with van der Waals surface area (Å²) in [7, 11) is 0. The largest absolute Gasteiger partial charge is 0.378 e. The molecule has 5 rings (SSSR count). The first-order chi connectivity index (χ1) is 13.9. The molecule has 0 amide bonds. The van der Waals surface area contributed by atoms with Gasteiger partial charge in [0.1, 0.15) is 5.82 Å². The number of hydrogen-bond acceptors (Lipinski definition) is 5. The molecule has 6 heteroatoms. The van der Waals surface area contributed by atoms with Crippen LogP contribution in [0.4, 0.5) is 5.69 Å². The lowest BCUT2D eigenvalue weighted by Crippen LogP contribution is -2.36. The van der Waals surface area contributed by atoms with E-state index in [4.69, 9.17) is 9.72 Å². The lowest BCUT2D eigenvalue weighted by atomic mass is 10.1. The van der Waals surface area contributed by atoms with Crippen LogP contribution in [0.5, 0.6) is 0 Å². The lowest BCUT2D eigenvalue weighted by Gasteiger charge is -2.30. The van der Waals surface area contributed by atoms with Crippen molar-refractivity contribution in [2.45, 2.75) is 30.2 Å². The Hall–Kier alpha value is -2.31. The van der Waals surface area contributed by atoms with Gasteiger partial charge in [-0.2, -0.15) is 0 Å². The van der Waals surface area contributed by atoms with Crippen molar-refractivity contribution in [3.63, 3.8) is 0 Å². The van der Waals surface area contributed by atoms with E-state index in [-0.39, 0.29) is 0 Å². The number of aryl methyl sites for hydroxylation is 1. The summed E-state index contributed by atoms with van der Waals surface area (Å²) in [6.45, 7) is 3.52. The molecule has 3 aromatic rings. The zero-order chi connectivity index (χ0) is 18.8. The number of hydrogen-bond donors (Lipinski definition) is 0. The summed E-state index contributed by atoms with van der Waals surface area (Å²) in [4.78, 5) is 12.0. The van der Waals surface area contributed by atoms with Gasteiger partial charge in [0.25, 0.3) is 0 Å². The fourth-order valence-corrected chi connectivity index (χ4v) is 5.10. The van der Waals surface area contributed by atoms with Crippen LogP contribution < -0.4 is 4.90 Å². The lowest BCUT2D eigenvalue weighted by molar-refractivity contribution is 0.122. The number of fused-ring (bicyclic) bond motifs is 1. The van der Waals surface area contributed by atoms with Gasteiger partial charge in [0.2, 0.25) is 0 Å². The highest BCUT2D eigenvalue weighted by Crippen LogP contribution is 2.34. The van der Waals surface area contributed by atoms with E-state index in [1.807, 2.05) is 30.1 Å². The van der Waals surface area contributed by atoms with Crippen molar-refractivity contribution in [2.75, 3.05) is 31.2 Å². The second-order valence-corrected chi connectivity index (χ2v) is 8.12. The Labute approximate surface area is 169 Å². The molecule has 0 unspecified atom stereocenters. The molecule has 1 aliphatic heterocycles. The first kappa shape index (κ1) is 17.8. The predicted molar refractivity (Wildman–Crippen MR) is 112 cm³/mol. The van der Waals surface area contributed by atoms with Crippen molar-refractivity contribution in [1.82, 2.24) is 14.5 Å². The summed E-state index contributed by atoms with van der Waals surface area (Å²) >= 11 is 1.81. The molecule has 144 valence electrons. The predicted octanol–water partition coefficient (Wildman–Crippen LogP) is 3.88. The summed E-state index contributed by atoms with van der Waals surface area (Å²) < 4.78 is 7.79. The van der Waals surface area contributed by atoms with Gasteiger partial charge in [-0.1, -0.05) is 36.0 Å². The van der Waals surface area contributed by atoms with Gasteiger partial charge in [0.05, 0.1) is 18.9 Å². The highest BCUT2D eigenvalue weighted by atomic mass is 32.2. The Morgan fingerprint density at radius 1 is 1.00 bits per heavy atom. The van der Waals surface area contributed by atoms with Gasteiger partial charge < -0.3 is 9.64 Å². The molecular formula is C22H24N4OS. The Morgan fingerprint density at radius 3 is 2.71 bits per heavy atom. The molecule has 5 nitrogen and oxygen atoms in total. The van der Waals surface area contributed by atoms with Crippen LogP contribution in [0.3, 0.4) is 0 Å².